The first-order chi connectivity index (χ1) is 46.2. The van der Waals surface area contributed by atoms with Crippen LogP contribution in [0.3, 0.4) is 0 Å². The fourth-order valence-corrected chi connectivity index (χ4v) is 18.2. The molecule has 3 fully saturated rings. The molecule has 1 aromatic heterocycles. The van der Waals surface area contributed by atoms with Gasteiger partial charge in [0.05, 0.1) is 54.0 Å². The molecule has 16 N–H and O–H groups in total. The molecule has 2 aromatic rings. The average Bonchev–Trinajstić information content (AvgIpc) is 1.52. The number of fused-ring (bicyclic) bond motifs is 7. The number of carboxylic acids is 1. The number of nitrogens with two attached hydrogens (primary N) is 6. The maximum Gasteiger partial charge on any atom is 0.573 e. The van der Waals surface area contributed by atoms with Crippen molar-refractivity contribution in [2.45, 2.75) is 195 Å². The minimum atomic E-state index is -4.39. The van der Waals surface area contributed by atoms with Crippen LogP contribution in [0.25, 0.3) is 11.0 Å². The number of aryl methyl sites for hydroxylation is 2. The maximum absolute atomic E-state index is 14.7. The SMILES string of the molecule is C/C1=C2N=C(/C=C3N=C(/C(C)=C4/[C@@H](CCC(N)=O)[C@](C)(CC(N)=O)[C@](C)(C5N=C1[C@](C)(CCC(=O)NC[C@H]1CO[P+](O)(OC6C(COC(=O)CCC(=O)O)O[C@H](n7cnc8cc(C)c(C)cc87)[C@@H]6O)O1)[C@H]5CC(N)=O)N4C=O)[C@@](C)(CC(N)=O)[C@@H]\3CCC(N)=O)C(C)(C)C/2CCC(N)=O. The first-order valence-corrected chi connectivity index (χ1v) is 34.6. The van der Waals surface area contributed by atoms with Crippen molar-refractivity contribution in [1.82, 2.24) is 19.8 Å². The Morgan fingerprint density at radius 1 is 0.758 bits per heavy atom. The third-order valence-electron chi connectivity index (χ3n) is 22.1. The van der Waals surface area contributed by atoms with Gasteiger partial charge in [0, 0.05) is 119 Å². The molecule has 0 aliphatic carbocycles. The van der Waals surface area contributed by atoms with E-state index in [0.717, 1.165) is 11.1 Å². The molecule has 8 heterocycles. The Hall–Kier alpha value is -8.19. The fourth-order valence-electron chi connectivity index (χ4n) is 16.6. The first-order valence-electron chi connectivity index (χ1n) is 33.1. The highest BCUT2D eigenvalue weighted by Gasteiger charge is 2.70. The largest absolute Gasteiger partial charge is 0.573 e. The van der Waals surface area contributed by atoms with Crippen LogP contribution >= 0.6 is 8.17 Å². The second kappa shape index (κ2) is 28.4. The lowest BCUT2D eigenvalue weighted by molar-refractivity contribution is -0.152. The first kappa shape index (κ1) is 75.0. The van der Waals surface area contributed by atoms with Gasteiger partial charge in [0.1, 0.15) is 25.4 Å². The third-order valence-corrected chi connectivity index (χ3v) is 23.7. The molecule has 3 saturated heterocycles. The van der Waals surface area contributed by atoms with Gasteiger partial charge in [-0.3, -0.25) is 62.9 Å². The third kappa shape index (κ3) is 14.3. The lowest BCUT2D eigenvalue weighted by atomic mass is 9.56. The van der Waals surface area contributed by atoms with E-state index in [1.54, 1.807) is 45.3 Å². The van der Waals surface area contributed by atoms with Crippen LogP contribution in [0, 0.1) is 59.2 Å². The van der Waals surface area contributed by atoms with Crippen LogP contribution in [0.5, 0.6) is 0 Å². The van der Waals surface area contributed by atoms with Gasteiger partial charge >= 0.3 is 20.1 Å². The number of primary amides is 6. The van der Waals surface area contributed by atoms with Gasteiger partial charge in [-0.1, -0.05) is 34.6 Å². The lowest BCUT2D eigenvalue weighted by Crippen LogP contribution is -2.61. The van der Waals surface area contributed by atoms with Crippen LogP contribution in [0.1, 0.15) is 156 Å². The van der Waals surface area contributed by atoms with Crippen LogP contribution in [0.15, 0.2) is 67.8 Å². The van der Waals surface area contributed by atoms with Crippen molar-refractivity contribution in [2.24, 2.45) is 94.7 Å². The van der Waals surface area contributed by atoms with Gasteiger partial charge in [0.15, 0.2) is 18.4 Å². The number of carboxylic acid groups (broad SMARTS) is 1. The number of imidazole rings is 1. The molecule has 31 nitrogen and oxygen atoms in total. The number of allylic oxidation sites excluding steroid dienone is 6. The summed E-state index contributed by atoms with van der Waals surface area (Å²) in [4.78, 5) is 167. The van der Waals surface area contributed by atoms with E-state index in [0.29, 0.717) is 51.4 Å². The number of ether oxygens (including phenoxy) is 2. The van der Waals surface area contributed by atoms with E-state index >= 15 is 0 Å². The van der Waals surface area contributed by atoms with Gasteiger partial charge in [0.2, 0.25) is 47.8 Å². The highest BCUT2D eigenvalue weighted by molar-refractivity contribution is 7.55. The molecule has 8 bridgehead atoms. The Morgan fingerprint density at radius 3 is 1.99 bits per heavy atom. The predicted molar refractivity (Wildman–Crippen MR) is 359 cm³/mol. The number of hydrogen-bond donors (Lipinski definition) is 10. The van der Waals surface area contributed by atoms with Crippen molar-refractivity contribution in [2.75, 3.05) is 19.8 Å². The Bertz CT molecular complexity index is 3880. The van der Waals surface area contributed by atoms with Crippen molar-refractivity contribution in [1.29, 1.82) is 0 Å². The number of aromatic nitrogens is 2. The summed E-state index contributed by atoms with van der Waals surface area (Å²) in [6.45, 7) is 17.1. The van der Waals surface area contributed by atoms with Crippen LogP contribution in [0.2, 0.25) is 0 Å². The quantitative estimate of drug-likeness (QED) is 0.0318. The van der Waals surface area contributed by atoms with Gasteiger partial charge in [-0.2, -0.15) is 9.42 Å². The van der Waals surface area contributed by atoms with Crippen molar-refractivity contribution in [3.63, 3.8) is 0 Å². The Kier molecular flexibility index (Phi) is 21.6. The Balaban J connectivity index is 1.10. The number of rotatable bonds is 29. The number of aliphatic imine (C=N–C) groups is 3. The van der Waals surface area contributed by atoms with E-state index < -0.39 is 181 Å². The summed E-state index contributed by atoms with van der Waals surface area (Å²) in [5.41, 5.74) is 35.6. The van der Waals surface area contributed by atoms with Gasteiger partial charge in [-0.15, -0.1) is 9.05 Å². The number of aliphatic carboxylic acids is 1. The molecule has 0 saturated carbocycles. The van der Waals surface area contributed by atoms with Crippen LogP contribution in [-0.4, -0.2) is 162 Å². The van der Waals surface area contributed by atoms with Crippen molar-refractivity contribution >= 4 is 96.0 Å². The Labute approximate surface area is 573 Å². The smallest absolute Gasteiger partial charge is 0.481 e. The standard InChI is InChI=1S/C67H92N13O18P/c1-32-21-42-43(22-33(32)2)79(30-75-42)62-57(92)58(44(96-62)29-94-54(91)18-17-53(89)90)98-99(93)95-28-36(97-99)27-74-52(88)19-20-64(7)40(23-49(71)85)61-67(10)66(9,26-51(73)87)39(13-16-48(70)84)56(80(67)31-81)35(4)60-65(8,25-50(72)86)37(11-14-46(68)82)41(76-60)24-45-63(5,6)38(12-15-47(69)83)55(77-45)34(3)59(64)78-61/h21-22,24,30-31,36-40,44,57-58,61-62,92-93H,11-20,23,25-29H2,1-10H3,(H13-,68,69,70,71,72,73,74,82,83,84,85,86,87,88,89,90)/p+1/b41-24-,55-34-,56-35-/t36-,37+,38?,39+,40-,44?,57+,58?,61?,62-,64+,65-,66-,67-,99?/m0/s1. The van der Waals surface area contributed by atoms with Gasteiger partial charge in [-0.05, 0) is 101 Å². The van der Waals surface area contributed by atoms with Gasteiger partial charge in [0.25, 0.3) is 0 Å². The van der Waals surface area contributed by atoms with Crippen molar-refractivity contribution in [3.05, 3.63) is 63.9 Å². The number of hydrogen-bond acceptors (Lipinski definition) is 21. The van der Waals surface area contributed by atoms with Gasteiger partial charge < -0.3 is 68.9 Å². The molecule has 0 spiro atoms. The highest BCUT2D eigenvalue weighted by Crippen LogP contribution is 2.67. The number of carbonyl (C=O) groups is 10. The van der Waals surface area contributed by atoms with Crippen molar-refractivity contribution < 1.29 is 86.1 Å². The molecular weight excluding hydrogens is 1310 g/mol. The maximum atomic E-state index is 14.7. The minimum Gasteiger partial charge on any atom is -0.481 e. The molecule has 7 aliphatic rings. The summed E-state index contributed by atoms with van der Waals surface area (Å²) in [7, 11) is -4.39. The highest BCUT2D eigenvalue weighted by atomic mass is 31.2. The zero-order chi connectivity index (χ0) is 73.0. The average molecular weight is 1400 g/mol. The molecule has 15 atom stereocenters. The zero-order valence-electron chi connectivity index (χ0n) is 57.5. The van der Waals surface area contributed by atoms with Crippen LogP contribution in [-0.2, 0) is 71.0 Å². The van der Waals surface area contributed by atoms with Crippen molar-refractivity contribution in [3.8, 4) is 0 Å². The number of carbonyl (C=O) groups excluding carboxylic acids is 9. The molecule has 7 aliphatic heterocycles. The summed E-state index contributed by atoms with van der Waals surface area (Å²) in [5.74, 6) is -10.2. The van der Waals surface area contributed by atoms with E-state index in [1.807, 2.05) is 46.8 Å². The number of amides is 8. The second-order valence-corrected chi connectivity index (χ2v) is 30.5. The summed E-state index contributed by atoms with van der Waals surface area (Å²) in [6.07, 6.45) is -5.60. The molecule has 99 heavy (non-hydrogen) atoms. The summed E-state index contributed by atoms with van der Waals surface area (Å²) < 4.78 is 31.1. The number of esters is 1. The van der Waals surface area contributed by atoms with E-state index in [4.69, 9.17) is 77.5 Å². The van der Waals surface area contributed by atoms with E-state index in [-0.39, 0.29) is 82.3 Å². The number of nitrogens with zero attached hydrogens (tertiary/aromatic N) is 6. The molecule has 8 amide bonds. The number of aliphatic hydroxyl groups is 1. The molecule has 1 aromatic carbocycles. The second-order valence-electron chi connectivity index (χ2n) is 28.9. The van der Waals surface area contributed by atoms with E-state index in [2.05, 4.69) is 10.3 Å². The molecule has 9 rings (SSSR count). The molecular formula is C67H93N13O18P+. The molecule has 32 heteroatoms. The molecule has 5 unspecified atom stereocenters. The topological polar surface area (TPSA) is 504 Å². The number of benzene rings is 1. The monoisotopic (exact) mass is 1400 g/mol. The van der Waals surface area contributed by atoms with Crippen LogP contribution in [0.4, 0.5) is 0 Å². The lowest BCUT2D eigenvalue weighted by Gasteiger charge is -2.50. The normalized spacial score (nSPS) is 34.2. The predicted octanol–water partition coefficient (Wildman–Crippen LogP) is 3.03. The Morgan fingerprint density at radius 2 is 1.38 bits per heavy atom. The molecule has 538 valence electrons. The zero-order valence-corrected chi connectivity index (χ0v) is 58.4. The number of aliphatic hydroxyl groups excluding tert-OH is 1. The summed E-state index contributed by atoms with van der Waals surface area (Å²) >= 11 is 0. The van der Waals surface area contributed by atoms with Crippen LogP contribution < -0.4 is 39.7 Å². The number of nitrogens with one attached hydrogen (secondary N) is 1. The summed E-state index contributed by atoms with van der Waals surface area (Å²) in [6, 6.07) is 2.50. The minimum absolute atomic E-state index is 0.0620. The van der Waals surface area contributed by atoms with Gasteiger partial charge in [-0.25, -0.2) is 4.98 Å². The van der Waals surface area contributed by atoms with E-state index in [1.165, 1.54) is 11.2 Å². The fraction of sp³-hybridized carbons (Fsp3) is 0.612. The summed E-state index contributed by atoms with van der Waals surface area (Å²) in [5, 5.41) is 24.0. The van der Waals surface area contributed by atoms with E-state index in [9.17, 15) is 57.9 Å². The molecule has 0 radical (unpaired) electrons.